The van der Waals surface area contributed by atoms with Crippen molar-refractivity contribution in [2.24, 2.45) is 0 Å². The molecule has 5 heteroatoms. The number of hydrogen-bond acceptors (Lipinski definition) is 3. The lowest BCUT2D eigenvalue weighted by Gasteiger charge is -2.35. The summed E-state index contributed by atoms with van der Waals surface area (Å²) in [5.74, 6) is 0. The van der Waals surface area contributed by atoms with Gasteiger partial charge in [-0.05, 0) is 34.6 Å². The molecule has 0 bridgehead atoms. The van der Waals surface area contributed by atoms with Crippen LogP contribution in [0.1, 0.15) is 34.6 Å². The van der Waals surface area contributed by atoms with Crippen LogP contribution in [0.2, 0.25) is 0 Å². The molecule has 0 radical (unpaired) electrons. The van der Waals surface area contributed by atoms with Crippen molar-refractivity contribution in [3.63, 3.8) is 0 Å². The molecule has 0 aromatic carbocycles. The number of rotatable bonds is 7. The zero-order chi connectivity index (χ0) is 11.2. The summed E-state index contributed by atoms with van der Waals surface area (Å²) in [5, 5.41) is -1.56. The molecule has 14 heavy (non-hydrogen) atoms. The first-order valence-electron chi connectivity index (χ1n) is 5.04. The molecule has 0 heterocycles. The van der Waals surface area contributed by atoms with Crippen molar-refractivity contribution >= 4 is 8.80 Å². The van der Waals surface area contributed by atoms with Crippen LogP contribution in [0.5, 0.6) is 0 Å². The third-order valence-electron chi connectivity index (χ3n) is 1.73. The van der Waals surface area contributed by atoms with Crippen LogP contribution in [-0.2, 0) is 13.3 Å². The van der Waals surface area contributed by atoms with Crippen molar-refractivity contribution in [2.75, 3.05) is 19.8 Å². The van der Waals surface area contributed by atoms with Gasteiger partial charge in [0.2, 0.25) is 0 Å². The van der Waals surface area contributed by atoms with E-state index in [-0.39, 0.29) is 0 Å². The highest BCUT2D eigenvalue weighted by atomic mass is 28.4. The van der Waals surface area contributed by atoms with Gasteiger partial charge in [0.05, 0.1) is 0 Å². The van der Waals surface area contributed by atoms with Crippen molar-refractivity contribution in [3.05, 3.63) is 0 Å². The van der Waals surface area contributed by atoms with E-state index >= 15 is 0 Å². The van der Waals surface area contributed by atoms with E-state index in [1.807, 2.05) is 20.8 Å². The van der Waals surface area contributed by atoms with E-state index in [0.717, 1.165) is 0 Å². The van der Waals surface area contributed by atoms with E-state index in [2.05, 4.69) is 0 Å². The molecule has 0 spiro atoms. The minimum atomic E-state index is -3.16. The zero-order valence-corrected chi connectivity index (χ0v) is 10.7. The minimum absolute atomic E-state index is 0.402. The summed E-state index contributed by atoms with van der Waals surface area (Å²) in [7, 11) is -3.16. The van der Waals surface area contributed by atoms with Crippen LogP contribution in [0, 0.1) is 0 Å². The topological polar surface area (TPSA) is 27.7 Å². The molecule has 0 aliphatic carbocycles. The normalized spacial score (nSPS) is 13.3. The second kappa shape index (κ2) is 5.80. The molecule has 0 aliphatic heterocycles. The molecular weight excluding hydrogens is 203 g/mol. The van der Waals surface area contributed by atoms with Gasteiger partial charge in [-0.3, -0.25) is 0 Å². The van der Waals surface area contributed by atoms with E-state index < -0.39 is 14.1 Å². The predicted octanol–water partition coefficient (Wildman–Crippen LogP) is 2.32. The third-order valence-corrected chi connectivity index (χ3v) is 5.19. The van der Waals surface area contributed by atoms with Crippen LogP contribution < -0.4 is 0 Å². The van der Waals surface area contributed by atoms with Crippen LogP contribution in [0.4, 0.5) is 4.39 Å². The summed E-state index contributed by atoms with van der Waals surface area (Å²) in [5.41, 5.74) is 0. The van der Waals surface area contributed by atoms with Gasteiger partial charge in [0.25, 0.3) is 0 Å². The molecule has 3 nitrogen and oxygen atoms in total. The molecular formula is C9H21FO3Si. The van der Waals surface area contributed by atoms with Crippen LogP contribution in [0.15, 0.2) is 0 Å². The molecule has 86 valence electrons. The first-order valence-corrected chi connectivity index (χ1v) is 6.76. The van der Waals surface area contributed by atoms with E-state index in [1.54, 1.807) is 0 Å². The van der Waals surface area contributed by atoms with E-state index in [9.17, 15) is 4.39 Å². The monoisotopic (exact) mass is 224 g/mol. The maximum atomic E-state index is 14.0. The van der Waals surface area contributed by atoms with E-state index in [1.165, 1.54) is 13.8 Å². The quantitative estimate of drug-likeness (QED) is 0.621. The van der Waals surface area contributed by atoms with Gasteiger partial charge in [-0.2, -0.15) is 0 Å². The standard InChI is InChI=1S/C9H21FO3Si/c1-6-11-14(12-7-2,13-8-3)9(4,5)10/h6-8H2,1-5H3. The van der Waals surface area contributed by atoms with Crippen molar-refractivity contribution in [3.8, 4) is 0 Å². The van der Waals surface area contributed by atoms with Crippen molar-refractivity contribution in [2.45, 2.75) is 39.9 Å². The molecule has 0 saturated carbocycles. The third kappa shape index (κ3) is 3.31. The zero-order valence-electron chi connectivity index (χ0n) is 9.72. The summed E-state index contributed by atoms with van der Waals surface area (Å²) < 4.78 is 30.1. The SMILES string of the molecule is CCO[Si](OCC)(OCC)C(C)(C)F. The first-order chi connectivity index (χ1) is 6.43. The highest BCUT2D eigenvalue weighted by Crippen LogP contribution is 2.27. The highest BCUT2D eigenvalue weighted by Gasteiger charge is 2.56. The van der Waals surface area contributed by atoms with Crippen LogP contribution in [0.25, 0.3) is 0 Å². The second-order valence-electron chi connectivity index (χ2n) is 3.33. The molecule has 0 amide bonds. The summed E-state index contributed by atoms with van der Waals surface area (Å²) in [4.78, 5) is 0. The number of hydrogen-bond donors (Lipinski definition) is 0. The Morgan fingerprint density at radius 2 is 1.21 bits per heavy atom. The largest absolute Gasteiger partial charge is 0.539 e. The van der Waals surface area contributed by atoms with Crippen LogP contribution in [0.3, 0.4) is 0 Å². The Kier molecular flexibility index (Phi) is 5.81. The summed E-state index contributed by atoms with van der Waals surface area (Å²) in [6, 6.07) is 0. The molecule has 0 saturated heterocycles. The minimum Gasteiger partial charge on any atom is -0.372 e. The maximum absolute atomic E-state index is 14.0. The number of alkyl halides is 1. The smallest absolute Gasteiger partial charge is 0.372 e. The summed E-state index contributed by atoms with van der Waals surface area (Å²) >= 11 is 0. The van der Waals surface area contributed by atoms with Crippen molar-refractivity contribution in [1.82, 2.24) is 0 Å². The Balaban J connectivity index is 4.73. The Bertz CT molecular complexity index is 142. The van der Waals surface area contributed by atoms with E-state index in [4.69, 9.17) is 13.3 Å². The summed E-state index contributed by atoms with van der Waals surface area (Å²) in [6.45, 7) is 9.53. The Morgan fingerprint density at radius 3 is 1.36 bits per heavy atom. The van der Waals surface area contributed by atoms with Gasteiger partial charge in [0.1, 0.15) is 0 Å². The van der Waals surface area contributed by atoms with Gasteiger partial charge >= 0.3 is 8.80 Å². The van der Waals surface area contributed by atoms with E-state index in [0.29, 0.717) is 19.8 Å². The fraction of sp³-hybridized carbons (Fsp3) is 1.00. The Labute approximate surface area is 86.9 Å². The van der Waals surface area contributed by atoms with Gasteiger partial charge in [0.15, 0.2) is 5.29 Å². The molecule has 0 unspecified atom stereocenters. The second-order valence-corrected chi connectivity index (χ2v) is 6.50. The predicted molar refractivity (Wildman–Crippen MR) is 55.8 cm³/mol. The van der Waals surface area contributed by atoms with Gasteiger partial charge < -0.3 is 13.3 Å². The number of halogens is 1. The molecule has 0 atom stereocenters. The first kappa shape index (κ1) is 14.0. The lowest BCUT2D eigenvalue weighted by atomic mass is 10.5. The van der Waals surface area contributed by atoms with Gasteiger partial charge in [0, 0.05) is 19.8 Å². The molecule has 0 rings (SSSR count). The molecule has 0 fully saturated rings. The fourth-order valence-corrected chi connectivity index (χ4v) is 3.63. The molecule has 0 aromatic heterocycles. The maximum Gasteiger partial charge on any atom is 0.539 e. The average Bonchev–Trinajstić information content (AvgIpc) is 2.03. The van der Waals surface area contributed by atoms with Gasteiger partial charge in [-0.15, -0.1) is 0 Å². The van der Waals surface area contributed by atoms with Gasteiger partial charge in [-0.25, -0.2) is 4.39 Å². The van der Waals surface area contributed by atoms with Crippen LogP contribution in [-0.4, -0.2) is 33.9 Å². The molecule has 0 N–H and O–H groups in total. The molecule has 0 aromatic rings. The highest BCUT2D eigenvalue weighted by molar-refractivity contribution is 6.63. The Morgan fingerprint density at radius 1 is 0.929 bits per heavy atom. The Hall–Kier alpha value is 0.0269. The molecule has 0 aliphatic rings. The van der Waals surface area contributed by atoms with Crippen LogP contribution >= 0.6 is 0 Å². The van der Waals surface area contributed by atoms with Crippen molar-refractivity contribution in [1.29, 1.82) is 0 Å². The van der Waals surface area contributed by atoms with Crippen molar-refractivity contribution < 1.29 is 17.7 Å². The van der Waals surface area contributed by atoms with Gasteiger partial charge in [-0.1, -0.05) is 0 Å². The average molecular weight is 224 g/mol. The summed E-state index contributed by atoms with van der Waals surface area (Å²) in [6.07, 6.45) is 0. The fourth-order valence-electron chi connectivity index (χ4n) is 1.21. The lowest BCUT2D eigenvalue weighted by Crippen LogP contribution is -2.60. The lowest BCUT2D eigenvalue weighted by molar-refractivity contribution is 0.0213.